The van der Waals surface area contributed by atoms with Crippen LogP contribution in [0.2, 0.25) is 0 Å². The topological polar surface area (TPSA) is 29.9 Å². The standard InChI is InChI=1S/C18H29N3/c1-14(2)21-13-19-12-18(21)10-16(11-20-17-8-9-17)15-6-4-3-5-7-15/h10,12-15,17,20H,3-9,11H2,1-2H3/b16-10-. The first-order valence-electron chi connectivity index (χ1n) is 8.69. The average molecular weight is 287 g/mol. The average Bonchev–Trinajstić information content (AvgIpc) is 3.20. The summed E-state index contributed by atoms with van der Waals surface area (Å²) in [5, 5.41) is 3.72. The highest BCUT2D eigenvalue weighted by Crippen LogP contribution is 2.31. The third kappa shape index (κ3) is 3.97. The Bertz CT molecular complexity index is 476. The Morgan fingerprint density at radius 2 is 2.05 bits per heavy atom. The van der Waals surface area contributed by atoms with Crippen molar-refractivity contribution in [2.24, 2.45) is 5.92 Å². The molecule has 2 fully saturated rings. The fourth-order valence-electron chi connectivity index (χ4n) is 3.38. The lowest BCUT2D eigenvalue weighted by atomic mass is 9.83. The molecule has 1 aromatic rings. The van der Waals surface area contributed by atoms with Crippen molar-refractivity contribution in [2.45, 2.75) is 70.9 Å². The molecule has 3 heteroatoms. The van der Waals surface area contributed by atoms with Gasteiger partial charge in [0, 0.05) is 18.6 Å². The van der Waals surface area contributed by atoms with E-state index in [1.54, 1.807) is 5.57 Å². The monoisotopic (exact) mass is 287 g/mol. The molecule has 2 aliphatic rings. The minimum absolute atomic E-state index is 0.475. The second-order valence-electron chi connectivity index (χ2n) is 7.03. The Hall–Kier alpha value is -1.09. The van der Waals surface area contributed by atoms with Crippen molar-refractivity contribution >= 4 is 6.08 Å². The molecule has 0 radical (unpaired) electrons. The molecule has 0 aliphatic heterocycles. The number of rotatable bonds is 6. The highest BCUT2D eigenvalue weighted by Gasteiger charge is 2.23. The zero-order valence-electron chi connectivity index (χ0n) is 13.5. The van der Waals surface area contributed by atoms with E-state index in [0.717, 1.165) is 18.5 Å². The van der Waals surface area contributed by atoms with Gasteiger partial charge in [0.25, 0.3) is 0 Å². The van der Waals surface area contributed by atoms with Crippen molar-refractivity contribution in [2.75, 3.05) is 6.54 Å². The maximum Gasteiger partial charge on any atom is 0.0953 e. The van der Waals surface area contributed by atoms with Gasteiger partial charge < -0.3 is 9.88 Å². The summed E-state index contributed by atoms with van der Waals surface area (Å²) in [6.07, 6.45) is 16.1. The normalized spacial score (nSPS) is 21.2. The quantitative estimate of drug-likeness (QED) is 0.850. The fourth-order valence-corrected chi connectivity index (χ4v) is 3.38. The van der Waals surface area contributed by atoms with Gasteiger partial charge in [-0.15, -0.1) is 0 Å². The molecule has 0 atom stereocenters. The zero-order valence-corrected chi connectivity index (χ0v) is 13.5. The van der Waals surface area contributed by atoms with Gasteiger partial charge in [-0.2, -0.15) is 0 Å². The van der Waals surface area contributed by atoms with Crippen molar-refractivity contribution in [3.05, 3.63) is 23.8 Å². The second kappa shape index (κ2) is 6.78. The summed E-state index contributed by atoms with van der Waals surface area (Å²) < 4.78 is 2.28. The third-order valence-electron chi connectivity index (χ3n) is 4.89. The Labute approximate surface area is 128 Å². The van der Waals surface area contributed by atoms with Gasteiger partial charge in [-0.05, 0) is 51.5 Å². The van der Waals surface area contributed by atoms with Gasteiger partial charge in [-0.25, -0.2) is 4.98 Å². The highest BCUT2D eigenvalue weighted by molar-refractivity contribution is 5.50. The molecule has 2 saturated carbocycles. The zero-order chi connectivity index (χ0) is 14.7. The SMILES string of the molecule is CC(C)n1cncc1/C=C(/CNC1CC1)C1CCCCC1. The number of hydrogen-bond donors (Lipinski definition) is 1. The van der Waals surface area contributed by atoms with E-state index in [1.807, 2.05) is 12.5 Å². The molecule has 3 nitrogen and oxygen atoms in total. The van der Waals surface area contributed by atoms with Gasteiger partial charge in [0.05, 0.1) is 18.2 Å². The summed E-state index contributed by atoms with van der Waals surface area (Å²) in [5.41, 5.74) is 2.87. The molecule has 116 valence electrons. The summed E-state index contributed by atoms with van der Waals surface area (Å²) >= 11 is 0. The van der Waals surface area contributed by atoms with Crippen LogP contribution >= 0.6 is 0 Å². The lowest BCUT2D eigenvalue weighted by molar-refractivity contribution is 0.396. The maximum atomic E-state index is 4.35. The first kappa shape index (κ1) is 14.8. The van der Waals surface area contributed by atoms with Crippen LogP contribution in [-0.2, 0) is 0 Å². The first-order chi connectivity index (χ1) is 10.2. The van der Waals surface area contributed by atoms with Crippen LogP contribution in [0.1, 0.15) is 70.5 Å². The molecule has 2 aliphatic carbocycles. The second-order valence-corrected chi connectivity index (χ2v) is 7.03. The van der Waals surface area contributed by atoms with Gasteiger partial charge in [0.15, 0.2) is 0 Å². The fraction of sp³-hybridized carbons (Fsp3) is 0.722. The van der Waals surface area contributed by atoms with Crippen LogP contribution < -0.4 is 5.32 Å². The third-order valence-corrected chi connectivity index (χ3v) is 4.89. The smallest absolute Gasteiger partial charge is 0.0953 e. The molecule has 0 spiro atoms. The Kier molecular flexibility index (Phi) is 4.79. The molecule has 0 unspecified atom stereocenters. The number of nitrogens with zero attached hydrogens (tertiary/aromatic N) is 2. The van der Waals surface area contributed by atoms with Crippen molar-refractivity contribution < 1.29 is 0 Å². The summed E-state index contributed by atoms with van der Waals surface area (Å²) in [7, 11) is 0. The van der Waals surface area contributed by atoms with E-state index in [0.29, 0.717) is 6.04 Å². The Balaban J connectivity index is 1.77. The number of hydrogen-bond acceptors (Lipinski definition) is 2. The van der Waals surface area contributed by atoms with Gasteiger partial charge in [-0.3, -0.25) is 0 Å². The molecule has 3 rings (SSSR count). The minimum atomic E-state index is 0.475. The van der Waals surface area contributed by atoms with Crippen LogP contribution in [0.25, 0.3) is 6.08 Å². The van der Waals surface area contributed by atoms with Crippen LogP contribution in [0.5, 0.6) is 0 Å². The van der Waals surface area contributed by atoms with Gasteiger partial charge in [0.1, 0.15) is 0 Å². The molecular weight excluding hydrogens is 258 g/mol. The van der Waals surface area contributed by atoms with E-state index in [2.05, 4.69) is 34.8 Å². The predicted molar refractivity (Wildman–Crippen MR) is 88.2 cm³/mol. The molecule has 21 heavy (non-hydrogen) atoms. The van der Waals surface area contributed by atoms with Crippen molar-refractivity contribution in [1.82, 2.24) is 14.9 Å². The Morgan fingerprint density at radius 3 is 2.71 bits per heavy atom. The largest absolute Gasteiger partial charge is 0.329 e. The summed E-state index contributed by atoms with van der Waals surface area (Å²) in [6.45, 7) is 5.52. The molecule has 1 heterocycles. The van der Waals surface area contributed by atoms with Crippen LogP contribution in [0.3, 0.4) is 0 Å². The van der Waals surface area contributed by atoms with Crippen LogP contribution in [-0.4, -0.2) is 22.1 Å². The summed E-state index contributed by atoms with van der Waals surface area (Å²) in [4.78, 5) is 4.35. The number of nitrogens with one attached hydrogen (secondary N) is 1. The summed E-state index contributed by atoms with van der Waals surface area (Å²) in [6, 6.07) is 1.26. The van der Waals surface area contributed by atoms with E-state index in [1.165, 1.54) is 50.6 Å². The van der Waals surface area contributed by atoms with E-state index >= 15 is 0 Å². The van der Waals surface area contributed by atoms with E-state index in [-0.39, 0.29) is 0 Å². The van der Waals surface area contributed by atoms with E-state index in [4.69, 9.17) is 0 Å². The van der Waals surface area contributed by atoms with Crippen molar-refractivity contribution in [3.8, 4) is 0 Å². The molecule has 0 aromatic carbocycles. The van der Waals surface area contributed by atoms with Crippen molar-refractivity contribution in [3.63, 3.8) is 0 Å². The molecule has 1 N–H and O–H groups in total. The lowest BCUT2D eigenvalue weighted by Gasteiger charge is -2.25. The molecule has 1 aromatic heterocycles. The number of imidazole rings is 1. The molecule has 0 saturated heterocycles. The Morgan fingerprint density at radius 1 is 1.29 bits per heavy atom. The molecule has 0 amide bonds. The highest BCUT2D eigenvalue weighted by atomic mass is 15.1. The van der Waals surface area contributed by atoms with E-state index in [9.17, 15) is 0 Å². The summed E-state index contributed by atoms with van der Waals surface area (Å²) in [5.74, 6) is 0.778. The van der Waals surface area contributed by atoms with Gasteiger partial charge in [-0.1, -0.05) is 24.8 Å². The maximum absolute atomic E-state index is 4.35. The molecule has 0 bridgehead atoms. The molecular formula is C18H29N3. The predicted octanol–water partition coefficient (Wildman–Crippen LogP) is 4.18. The first-order valence-corrected chi connectivity index (χ1v) is 8.69. The van der Waals surface area contributed by atoms with E-state index < -0.39 is 0 Å². The van der Waals surface area contributed by atoms with Gasteiger partial charge in [0.2, 0.25) is 0 Å². The lowest BCUT2D eigenvalue weighted by Crippen LogP contribution is -2.24. The van der Waals surface area contributed by atoms with Crippen LogP contribution in [0, 0.1) is 5.92 Å². The van der Waals surface area contributed by atoms with Crippen LogP contribution in [0.15, 0.2) is 18.1 Å². The van der Waals surface area contributed by atoms with Crippen LogP contribution in [0.4, 0.5) is 0 Å². The van der Waals surface area contributed by atoms with Gasteiger partial charge >= 0.3 is 0 Å². The van der Waals surface area contributed by atoms with Crippen molar-refractivity contribution in [1.29, 1.82) is 0 Å². The number of aromatic nitrogens is 2. The minimum Gasteiger partial charge on any atom is -0.329 e.